The van der Waals surface area contributed by atoms with Gasteiger partial charge in [-0.05, 0) is 105 Å². The molecule has 0 aromatic heterocycles. The van der Waals surface area contributed by atoms with Gasteiger partial charge < -0.3 is 107 Å². The second-order valence-corrected chi connectivity index (χ2v) is 23.5. The summed E-state index contributed by atoms with van der Waals surface area (Å²) in [4.78, 5) is 143. The van der Waals surface area contributed by atoms with Crippen LogP contribution in [0.3, 0.4) is 0 Å². The molecule has 98 heavy (non-hydrogen) atoms. The van der Waals surface area contributed by atoms with Crippen LogP contribution >= 0.6 is 0 Å². The molecule has 0 radical (unpaired) electrons. The summed E-state index contributed by atoms with van der Waals surface area (Å²) in [6.07, 6.45) is 0.256. The van der Waals surface area contributed by atoms with E-state index in [2.05, 4.69) is 69.1 Å². The first kappa shape index (κ1) is 80.1. The highest BCUT2D eigenvalue weighted by atomic mass is 16.5. The molecule has 0 saturated carbocycles. The molecular weight excluding hydrogens is 1270 g/mol. The summed E-state index contributed by atoms with van der Waals surface area (Å²) >= 11 is 0. The highest BCUT2D eigenvalue weighted by Crippen LogP contribution is 2.18. The predicted octanol–water partition coefficient (Wildman–Crippen LogP) is -3.43. The van der Waals surface area contributed by atoms with E-state index in [1.807, 2.05) is 43.3 Å². The number of rotatable bonds is 37. The Hall–Kier alpha value is -10.4. The van der Waals surface area contributed by atoms with Crippen molar-refractivity contribution in [2.45, 2.75) is 158 Å². The van der Waals surface area contributed by atoms with Crippen LogP contribution in [0.4, 0.5) is 0 Å². The van der Waals surface area contributed by atoms with E-state index in [1.54, 1.807) is 36.4 Å². The zero-order valence-electron chi connectivity index (χ0n) is 55.5. The number of hydrogen-bond acceptors (Lipinski definition) is 16. The van der Waals surface area contributed by atoms with Crippen molar-refractivity contribution in [1.82, 2.24) is 69.1 Å². The molecule has 34 nitrogen and oxygen atoms in total. The highest BCUT2D eigenvalue weighted by molar-refractivity contribution is 5.99. The van der Waals surface area contributed by atoms with Crippen LogP contribution in [0.2, 0.25) is 0 Å². The summed E-state index contributed by atoms with van der Waals surface area (Å²) in [6.45, 7) is 2.90. The maximum atomic E-state index is 15.2. The van der Waals surface area contributed by atoms with Crippen molar-refractivity contribution in [2.75, 3.05) is 59.2 Å². The number of unbranched alkanes of at least 4 members (excludes halogenated alkanes) is 1. The van der Waals surface area contributed by atoms with Crippen LogP contribution in [0.25, 0.3) is 10.8 Å². The number of guanidine groups is 4. The number of primary amides is 1. The van der Waals surface area contributed by atoms with Gasteiger partial charge in [0.1, 0.15) is 54.9 Å². The number of fused-ring (bicyclic) bond motifs is 1. The molecule has 0 unspecified atom stereocenters. The number of carbonyl (C=O) groups is 10. The number of ether oxygens (including phenoxy) is 2. The van der Waals surface area contributed by atoms with Crippen LogP contribution in [0.1, 0.15) is 108 Å². The lowest BCUT2D eigenvalue weighted by atomic mass is 9.99. The number of nitrogens with two attached hydrogens (primary N) is 5. The lowest BCUT2D eigenvalue weighted by Gasteiger charge is -2.28. The van der Waals surface area contributed by atoms with Crippen LogP contribution in [0.15, 0.2) is 72.8 Å². The van der Waals surface area contributed by atoms with Crippen molar-refractivity contribution in [1.29, 1.82) is 21.6 Å². The molecule has 0 spiro atoms. The van der Waals surface area contributed by atoms with E-state index in [0.29, 0.717) is 37.2 Å². The molecule has 3 aromatic rings. The minimum atomic E-state index is -1.63. The van der Waals surface area contributed by atoms with Crippen molar-refractivity contribution < 1.29 is 57.4 Å². The van der Waals surface area contributed by atoms with Gasteiger partial charge in [-0.3, -0.25) is 69.6 Å². The topological polar surface area (TPSA) is 571 Å². The number of carbonyl (C=O) groups excluding carboxylic acids is 10. The Morgan fingerprint density at radius 1 is 0.429 bits per heavy atom. The molecule has 3 aromatic carbocycles. The number of nitrogens with one attached hydrogen (secondary N) is 17. The van der Waals surface area contributed by atoms with Crippen molar-refractivity contribution in [3.63, 3.8) is 0 Å². The Kier molecular flexibility index (Phi) is 36.3. The summed E-state index contributed by atoms with van der Waals surface area (Å²) in [5.41, 5.74) is 29.0. The molecule has 0 aliphatic carbocycles. The van der Waals surface area contributed by atoms with Gasteiger partial charge in [0, 0.05) is 58.6 Å². The van der Waals surface area contributed by atoms with E-state index in [1.165, 1.54) is 0 Å². The van der Waals surface area contributed by atoms with Crippen LogP contribution in [0.5, 0.6) is 0 Å². The van der Waals surface area contributed by atoms with E-state index in [9.17, 15) is 33.6 Å². The van der Waals surface area contributed by atoms with Crippen molar-refractivity contribution in [3.05, 3.63) is 83.9 Å². The maximum Gasteiger partial charge on any atom is 0.246 e. The minimum Gasteiger partial charge on any atom is -0.379 e. The van der Waals surface area contributed by atoms with Crippen LogP contribution in [0, 0.1) is 21.6 Å². The largest absolute Gasteiger partial charge is 0.379 e. The van der Waals surface area contributed by atoms with Crippen molar-refractivity contribution in [3.8, 4) is 0 Å². The van der Waals surface area contributed by atoms with Crippen LogP contribution in [-0.4, -0.2) is 190 Å². The Balaban J connectivity index is 1.82. The molecule has 27 N–H and O–H groups in total. The van der Waals surface area contributed by atoms with Gasteiger partial charge in [-0.1, -0.05) is 79.7 Å². The fourth-order valence-electron chi connectivity index (χ4n) is 10.4. The van der Waals surface area contributed by atoms with Gasteiger partial charge in [0.25, 0.3) is 0 Å². The second kappa shape index (κ2) is 44.4. The standard InChI is InChI=1S/C64H100N22O12/c1-2-32-97-33-34-98-38-52(88)79-43(53(65)89)18-8-9-27-74-51(87)26-25-48-58(94)85-49(36-39-14-4-3-5-15-39)60(96)86-50(37-40-23-24-41-16-6-7-17-42(41)35-40)59(95)83-47(22-13-31-78-64(72)73)56(92)81-45(20-11-29-76-62(68)69)54(90)80-44(19-10-28-75-61(66)67)55(91)82-46(57(93)84-48)21-12-30-77-63(70)71/h3-7,14-17,23-24,35,43-50H,2,8-13,18-22,25-34,36-38H2,1H3,(H2,65,89)(H,74,87)(H,79,88)(H,80,90)(H,81,92)(H,82,91)(H,83,95)(H,84,93)(H,85,94)(H,86,96)(H4,66,67,75)(H4,68,69,76)(H4,70,71,77)(H4,72,73,78)/t43-,44-,45+,46+,47-,48-,49+,50-/m0/s1. The molecular formula is C64H100N22O12. The fourth-order valence-corrected chi connectivity index (χ4v) is 10.4. The van der Waals surface area contributed by atoms with Gasteiger partial charge in [-0.2, -0.15) is 0 Å². The first-order valence-electron chi connectivity index (χ1n) is 32.9. The smallest absolute Gasteiger partial charge is 0.246 e. The fraction of sp³-hybridized carbons (Fsp3) is 0.531. The minimum absolute atomic E-state index is 0.0295. The molecule has 538 valence electrons. The van der Waals surface area contributed by atoms with Gasteiger partial charge in [0.2, 0.25) is 59.1 Å². The Morgan fingerprint density at radius 2 is 0.816 bits per heavy atom. The summed E-state index contributed by atoms with van der Waals surface area (Å²) in [5, 5.41) is 67.6. The highest BCUT2D eigenvalue weighted by Gasteiger charge is 2.36. The number of amides is 10. The van der Waals surface area contributed by atoms with E-state index < -0.39 is 126 Å². The monoisotopic (exact) mass is 1370 g/mol. The summed E-state index contributed by atoms with van der Waals surface area (Å²) in [7, 11) is 0. The quantitative estimate of drug-likeness (QED) is 0.0152. The van der Waals surface area contributed by atoms with Gasteiger partial charge >= 0.3 is 0 Å². The van der Waals surface area contributed by atoms with Crippen molar-refractivity contribution in [2.24, 2.45) is 28.7 Å². The lowest BCUT2D eigenvalue weighted by molar-refractivity contribution is -0.135. The number of hydrogen-bond donors (Lipinski definition) is 22. The van der Waals surface area contributed by atoms with Gasteiger partial charge in [-0.15, -0.1) is 0 Å². The number of benzene rings is 3. The first-order valence-corrected chi connectivity index (χ1v) is 32.9. The molecule has 34 heteroatoms. The zero-order valence-corrected chi connectivity index (χ0v) is 55.5. The SMILES string of the molecule is CCCOCCOCC(=O)N[C@@H](CCCCNC(=O)CC[C@@H]1NC(=O)[C@@H](CCCNC(=N)N)NC(=O)[C@H](CCCNC(=N)N)NC(=O)[C@@H](CCCNC(=N)N)NC(=O)[C@H](CCCNC(=N)N)NC(=O)[C@H](Cc2ccc3ccccc3c2)NC(=O)[C@@H](Cc2ccccc2)NC1=O)C(N)=O. The normalized spacial score (nSPS) is 19.2. The summed E-state index contributed by atoms with van der Waals surface area (Å²) in [6, 6.07) is 9.89. The molecule has 0 bridgehead atoms. The Labute approximate surface area is 569 Å². The Morgan fingerprint density at radius 3 is 1.26 bits per heavy atom. The van der Waals surface area contributed by atoms with Gasteiger partial charge in [0.15, 0.2) is 23.8 Å². The van der Waals surface area contributed by atoms with Crippen LogP contribution < -0.4 is 97.8 Å². The van der Waals surface area contributed by atoms with Crippen molar-refractivity contribution >= 4 is 93.7 Å². The molecule has 1 fully saturated rings. The maximum absolute atomic E-state index is 15.2. The van der Waals surface area contributed by atoms with Crippen LogP contribution in [-0.2, 0) is 70.3 Å². The van der Waals surface area contributed by atoms with E-state index >= 15 is 14.4 Å². The molecule has 8 atom stereocenters. The van der Waals surface area contributed by atoms with E-state index in [4.69, 9.17) is 59.8 Å². The predicted molar refractivity (Wildman–Crippen MR) is 367 cm³/mol. The van der Waals surface area contributed by atoms with E-state index in [0.717, 1.165) is 17.2 Å². The summed E-state index contributed by atoms with van der Waals surface area (Å²) in [5.74, 6) is -9.79. The van der Waals surface area contributed by atoms with E-state index in [-0.39, 0.29) is 134 Å². The first-order chi connectivity index (χ1) is 46.9. The molecule has 1 aliphatic heterocycles. The zero-order chi connectivity index (χ0) is 71.8. The molecule has 1 saturated heterocycles. The molecule has 1 heterocycles. The van der Waals surface area contributed by atoms with Gasteiger partial charge in [-0.25, -0.2) is 0 Å². The van der Waals surface area contributed by atoms with Gasteiger partial charge in [0.05, 0.1) is 13.2 Å². The third-order valence-corrected chi connectivity index (χ3v) is 15.4. The molecule has 10 amide bonds. The Bertz CT molecular complexity index is 3160. The average molecular weight is 1370 g/mol. The third-order valence-electron chi connectivity index (χ3n) is 15.4. The average Bonchev–Trinajstić information content (AvgIpc) is 0.920. The summed E-state index contributed by atoms with van der Waals surface area (Å²) < 4.78 is 10.7. The second-order valence-electron chi connectivity index (χ2n) is 23.5. The third kappa shape index (κ3) is 31.9. The molecule has 4 rings (SSSR count). The lowest BCUT2D eigenvalue weighted by Crippen LogP contribution is -2.60. The molecule has 1 aliphatic rings.